The fourth-order valence-corrected chi connectivity index (χ4v) is 4.01. The summed E-state index contributed by atoms with van der Waals surface area (Å²) in [5, 5.41) is 12.2. The fourth-order valence-electron chi connectivity index (χ4n) is 2.98. The van der Waals surface area contributed by atoms with Gasteiger partial charge in [0.15, 0.2) is 5.96 Å². The van der Waals surface area contributed by atoms with E-state index < -0.39 is 0 Å². The van der Waals surface area contributed by atoms with E-state index in [2.05, 4.69) is 46.5 Å². The van der Waals surface area contributed by atoms with Gasteiger partial charge in [0.25, 0.3) is 0 Å². The number of thiazole rings is 1. The van der Waals surface area contributed by atoms with Gasteiger partial charge in [-0.1, -0.05) is 13.8 Å². The minimum Gasteiger partial charge on any atom is -0.352 e. The topological polar surface area (TPSA) is 80.0 Å². The van der Waals surface area contributed by atoms with Crippen LogP contribution < -0.4 is 10.6 Å². The van der Waals surface area contributed by atoms with E-state index >= 15 is 0 Å². The Morgan fingerprint density at radius 1 is 1.50 bits per heavy atom. The molecule has 0 spiro atoms. The van der Waals surface area contributed by atoms with E-state index in [0.717, 1.165) is 36.2 Å². The molecule has 0 amide bonds. The first-order valence-electron chi connectivity index (χ1n) is 8.37. The van der Waals surface area contributed by atoms with Gasteiger partial charge in [-0.15, -0.1) is 11.3 Å². The molecule has 2 N–H and O–H groups in total. The van der Waals surface area contributed by atoms with Crippen LogP contribution in [-0.4, -0.2) is 38.8 Å². The van der Waals surface area contributed by atoms with Gasteiger partial charge in [-0.05, 0) is 19.3 Å². The number of rotatable bonds is 4. The highest BCUT2D eigenvalue weighted by molar-refractivity contribution is 7.11. The third-order valence-corrected chi connectivity index (χ3v) is 5.19. The molecule has 0 aromatic carbocycles. The number of aliphatic imine (C=N–C) groups is 1. The summed E-state index contributed by atoms with van der Waals surface area (Å²) in [6.45, 7) is 8.02. The Balaban J connectivity index is 1.55. The van der Waals surface area contributed by atoms with Crippen LogP contribution in [0.4, 0.5) is 0 Å². The van der Waals surface area contributed by atoms with Crippen LogP contribution in [0.5, 0.6) is 0 Å². The van der Waals surface area contributed by atoms with Crippen LogP contribution in [0.1, 0.15) is 47.6 Å². The Bertz CT molecular complexity index is 716. The van der Waals surface area contributed by atoms with Crippen molar-refractivity contribution in [1.29, 1.82) is 0 Å². The van der Waals surface area contributed by atoms with E-state index in [1.54, 1.807) is 24.7 Å². The third-order valence-electron chi connectivity index (χ3n) is 4.20. The fraction of sp³-hybridized carbons (Fsp3) is 0.625. The van der Waals surface area contributed by atoms with Crippen LogP contribution in [0.3, 0.4) is 0 Å². The molecule has 0 saturated heterocycles. The van der Waals surface area contributed by atoms with Crippen molar-refractivity contribution in [2.24, 2.45) is 4.99 Å². The highest BCUT2D eigenvalue weighted by Crippen LogP contribution is 2.23. The van der Waals surface area contributed by atoms with Crippen molar-refractivity contribution in [3.8, 4) is 0 Å². The highest BCUT2D eigenvalue weighted by atomic mass is 32.1. The Hall–Kier alpha value is -1.96. The van der Waals surface area contributed by atoms with Crippen molar-refractivity contribution in [3.05, 3.63) is 27.7 Å². The predicted molar refractivity (Wildman–Crippen MR) is 96.4 cm³/mol. The number of aromatic nitrogens is 4. The normalized spacial score (nSPS) is 17.9. The first-order valence-corrected chi connectivity index (χ1v) is 9.18. The second kappa shape index (κ2) is 7.29. The molecule has 1 aliphatic heterocycles. The van der Waals surface area contributed by atoms with Gasteiger partial charge in [-0.2, -0.15) is 5.10 Å². The lowest BCUT2D eigenvalue weighted by atomic mass is 10.1. The molecule has 1 unspecified atom stereocenters. The van der Waals surface area contributed by atoms with Gasteiger partial charge in [0.2, 0.25) is 0 Å². The van der Waals surface area contributed by atoms with Gasteiger partial charge in [-0.3, -0.25) is 4.99 Å². The van der Waals surface area contributed by atoms with E-state index in [-0.39, 0.29) is 0 Å². The zero-order valence-corrected chi connectivity index (χ0v) is 15.5. The zero-order valence-electron chi connectivity index (χ0n) is 14.7. The molecular weight excluding hydrogens is 322 g/mol. The SMILES string of the molecule is CN=C(NCc1nc(C(C)C)c(C)s1)NC1CCc2ncnn2C1. The number of nitrogens with one attached hydrogen (secondary N) is 2. The minimum absolute atomic E-state index is 0.314. The van der Waals surface area contributed by atoms with E-state index in [0.29, 0.717) is 18.5 Å². The van der Waals surface area contributed by atoms with Crippen molar-refractivity contribution in [3.63, 3.8) is 0 Å². The quantitative estimate of drug-likeness (QED) is 0.652. The average Bonchev–Trinajstić information content (AvgIpc) is 3.17. The largest absolute Gasteiger partial charge is 0.352 e. The summed E-state index contributed by atoms with van der Waals surface area (Å²) in [7, 11) is 1.80. The molecule has 1 atom stereocenters. The Labute approximate surface area is 146 Å². The lowest BCUT2D eigenvalue weighted by molar-refractivity contribution is 0.392. The summed E-state index contributed by atoms with van der Waals surface area (Å²) in [4.78, 5) is 14.6. The van der Waals surface area contributed by atoms with Crippen LogP contribution >= 0.6 is 11.3 Å². The Morgan fingerprint density at radius 3 is 3.04 bits per heavy atom. The van der Waals surface area contributed by atoms with Gasteiger partial charge >= 0.3 is 0 Å². The van der Waals surface area contributed by atoms with E-state index in [1.165, 1.54) is 10.6 Å². The molecule has 2 aromatic rings. The molecule has 24 heavy (non-hydrogen) atoms. The number of aryl methyl sites for hydroxylation is 2. The third kappa shape index (κ3) is 3.75. The lowest BCUT2D eigenvalue weighted by Crippen LogP contribution is -2.46. The molecule has 7 nitrogen and oxygen atoms in total. The summed E-state index contributed by atoms with van der Waals surface area (Å²) < 4.78 is 1.97. The van der Waals surface area contributed by atoms with Gasteiger partial charge in [0.1, 0.15) is 17.2 Å². The summed E-state index contributed by atoms with van der Waals surface area (Å²) in [6, 6.07) is 0.314. The first kappa shape index (κ1) is 16.9. The van der Waals surface area contributed by atoms with E-state index in [1.807, 2.05) is 4.68 Å². The maximum atomic E-state index is 4.74. The second-order valence-corrected chi connectivity index (χ2v) is 7.66. The molecule has 0 radical (unpaired) electrons. The van der Waals surface area contributed by atoms with Crippen LogP contribution in [-0.2, 0) is 19.5 Å². The van der Waals surface area contributed by atoms with Crippen LogP contribution in [0, 0.1) is 6.92 Å². The molecule has 0 fully saturated rings. The second-order valence-electron chi connectivity index (χ2n) is 6.37. The molecule has 0 aliphatic carbocycles. The summed E-state index contributed by atoms with van der Waals surface area (Å²) in [5.74, 6) is 2.34. The zero-order chi connectivity index (χ0) is 17.1. The Kier molecular flexibility index (Phi) is 5.13. The Morgan fingerprint density at radius 2 is 2.33 bits per heavy atom. The molecule has 1 aliphatic rings. The van der Waals surface area contributed by atoms with Gasteiger partial charge in [0, 0.05) is 24.4 Å². The molecule has 0 bridgehead atoms. The highest BCUT2D eigenvalue weighted by Gasteiger charge is 2.20. The first-order chi connectivity index (χ1) is 11.6. The average molecular weight is 347 g/mol. The minimum atomic E-state index is 0.314. The van der Waals surface area contributed by atoms with Gasteiger partial charge in [-0.25, -0.2) is 14.6 Å². The van der Waals surface area contributed by atoms with Crippen LogP contribution in [0.15, 0.2) is 11.3 Å². The maximum absolute atomic E-state index is 4.74. The molecule has 0 saturated carbocycles. The van der Waals surface area contributed by atoms with Crippen LogP contribution in [0.2, 0.25) is 0 Å². The summed E-state index contributed by atoms with van der Waals surface area (Å²) in [5.41, 5.74) is 1.20. The molecule has 130 valence electrons. The molecular formula is C16H25N7S. The van der Waals surface area contributed by atoms with E-state index in [4.69, 9.17) is 4.98 Å². The van der Waals surface area contributed by atoms with Crippen molar-refractivity contribution in [1.82, 2.24) is 30.4 Å². The standard InChI is InChI=1S/C16H25N7S/c1-10(2)15-11(3)24-14(22-15)7-18-16(17-4)21-12-5-6-13-19-9-20-23(13)8-12/h9-10,12H,5-8H2,1-4H3,(H2,17,18,21). The van der Waals surface area contributed by atoms with Crippen molar-refractivity contribution < 1.29 is 0 Å². The number of fused-ring (bicyclic) bond motifs is 1. The molecule has 3 rings (SSSR count). The van der Waals surface area contributed by atoms with Crippen molar-refractivity contribution >= 4 is 17.3 Å². The monoisotopic (exact) mass is 347 g/mol. The smallest absolute Gasteiger partial charge is 0.191 e. The summed E-state index contributed by atoms with van der Waals surface area (Å²) >= 11 is 1.75. The predicted octanol–water partition coefficient (Wildman–Crippen LogP) is 1.85. The number of nitrogens with zero attached hydrogens (tertiary/aromatic N) is 5. The van der Waals surface area contributed by atoms with E-state index in [9.17, 15) is 0 Å². The number of hydrogen-bond donors (Lipinski definition) is 2. The lowest BCUT2D eigenvalue weighted by Gasteiger charge is -2.25. The van der Waals surface area contributed by atoms with Gasteiger partial charge in [0.05, 0.1) is 18.8 Å². The molecule has 8 heteroatoms. The van der Waals surface area contributed by atoms with Crippen molar-refractivity contribution in [2.75, 3.05) is 7.05 Å². The summed E-state index contributed by atoms with van der Waals surface area (Å²) in [6.07, 6.45) is 3.60. The number of hydrogen-bond acceptors (Lipinski definition) is 5. The molecule has 3 heterocycles. The van der Waals surface area contributed by atoms with Crippen molar-refractivity contribution in [2.45, 2.75) is 58.7 Å². The van der Waals surface area contributed by atoms with Crippen LogP contribution in [0.25, 0.3) is 0 Å². The molecule has 2 aromatic heterocycles. The van der Waals surface area contributed by atoms with Gasteiger partial charge < -0.3 is 10.6 Å². The maximum Gasteiger partial charge on any atom is 0.191 e. The number of guanidine groups is 1.